The van der Waals surface area contributed by atoms with E-state index in [9.17, 15) is 0 Å². The SMILES string of the molecule is ClC1=CC=CC(Cl)(N=C2SCS2)C1. The van der Waals surface area contributed by atoms with E-state index in [0.29, 0.717) is 6.42 Å². The molecule has 0 aromatic carbocycles. The number of nitrogens with zero attached hydrogens (tertiary/aromatic N) is 1. The lowest BCUT2D eigenvalue weighted by atomic mass is 10.1. The van der Waals surface area contributed by atoms with Crippen LogP contribution in [0.3, 0.4) is 0 Å². The number of allylic oxidation sites excluding steroid dienone is 2. The molecule has 1 nitrogen and oxygen atoms in total. The van der Waals surface area contributed by atoms with E-state index in [2.05, 4.69) is 4.99 Å². The van der Waals surface area contributed by atoms with E-state index in [1.165, 1.54) is 0 Å². The Morgan fingerprint density at radius 3 is 2.77 bits per heavy atom. The van der Waals surface area contributed by atoms with Gasteiger partial charge in [-0.1, -0.05) is 52.8 Å². The number of hydrogen-bond acceptors (Lipinski definition) is 3. The summed E-state index contributed by atoms with van der Waals surface area (Å²) >= 11 is 15.6. The van der Waals surface area contributed by atoms with Crippen molar-refractivity contribution in [3.8, 4) is 0 Å². The first-order valence-electron chi connectivity index (χ1n) is 3.76. The summed E-state index contributed by atoms with van der Waals surface area (Å²) in [5, 5.41) is 1.84. The zero-order valence-corrected chi connectivity index (χ0v) is 9.81. The first-order valence-corrected chi connectivity index (χ1v) is 6.49. The molecule has 0 N–H and O–H groups in total. The molecule has 0 aromatic heterocycles. The highest BCUT2D eigenvalue weighted by atomic mass is 35.5. The number of rotatable bonds is 1. The average Bonchev–Trinajstić information content (AvgIpc) is 1.97. The standard InChI is InChI=1S/C8H7Cl2NS2/c9-6-2-1-3-8(10,4-6)11-7-12-5-13-7/h1-3H,4-5H2. The normalized spacial score (nSPS) is 32.5. The Morgan fingerprint density at radius 2 is 2.23 bits per heavy atom. The Labute approximate surface area is 95.7 Å². The molecule has 1 unspecified atom stereocenters. The molecule has 2 rings (SSSR count). The van der Waals surface area contributed by atoms with Crippen molar-refractivity contribution in [1.82, 2.24) is 0 Å². The topological polar surface area (TPSA) is 12.4 Å². The third-order valence-electron chi connectivity index (χ3n) is 1.69. The Bertz CT molecular complexity index is 305. The summed E-state index contributed by atoms with van der Waals surface area (Å²) in [6.45, 7) is 0. The molecule has 1 atom stereocenters. The summed E-state index contributed by atoms with van der Waals surface area (Å²) in [4.78, 5) is 3.78. The lowest BCUT2D eigenvalue weighted by molar-refractivity contribution is 0.741. The first kappa shape index (κ1) is 9.97. The van der Waals surface area contributed by atoms with Crippen LogP contribution in [0.25, 0.3) is 0 Å². The molecular weight excluding hydrogens is 245 g/mol. The molecule has 1 fully saturated rings. The summed E-state index contributed by atoms with van der Waals surface area (Å²) in [6.07, 6.45) is 6.18. The van der Waals surface area contributed by atoms with Crippen LogP contribution in [0.4, 0.5) is 0 Å². The highest BCUT2D eigenvalue weighted by molar-refractivity contribution is 8.52. The van der Waals surface area contributed by atoms with Gasteiger partial charge in [-0.05, 0) is 12.2 Å². The molecule has 0 aromatic rings. The van der Waals surface area contributed by atoms with E-state index in [1.807, 2.05) is 18.2 Å². The van der Waals surface area contributed by atoms with Crippen molar-refractivity contribution in [3.05, 3.63) is 23.3 Å². The molecule has 0 spiro atoms. The van der Waals surface area contributed by atoms with E-state index in [1.54, 1.807) is 23.5 Å². The van der Waals surface area contributed by atoms with Crippen LogP contribution in [0.15, 0.2) is 28.3 Å². The molecule has 1 aliphatic carbocycles. The molecule has 2 aliphatic rings. The Balaban J connectivity index is 2.13. The van der Waals surface area contributed by atoms with E-state index in [4.69, 9.17) is 23.2 Å². The Kier molecular flexibility index (Phi) is 2.98. The number of aliphatic imine (C=N–C) groups is 1. The molecule has 1 aliphatic heterocycles. The van der Waals surface area contributed by atoms with Gasteiger partial charge in [0, 0.05) is 11.5 Å². The maximum atomic E-state index is 6.25. The average molecular weight is 252 g/mol. The lowest BCUT2D eigenvalue weighted by Crippen LogP contribution is -2.19. The van der Waals surface area contributed by atoms with Crippen molar-refractivity contribution in [2.45, 2.75) is 11.4 Å². The van der Waals surface area contributed by atoms with Gasteiger partial charge in [-0.3, -0.25) is 0 Å². The second-order valence-electron chi connectivity index (χ2n) is 2.75. The Morgan fingerprint density at radius 1 is 1.46 bits per heavy atom. The minimum absolute atomic E-state index is 0.594. The molecule has 1 heterocycles. The van der Waals surface area contributed by atoms with Gasteiger partial charge < -0.3 is 0 Å². The maximum Gasteiger partial charge on any atom is 0.159 e. The number of alkyl halides is 1. The van der Waals surface area contributed by atoms with Gasteiger partial charge in [-0.25, -0.2) is 4.99 Å². The molecule has 5 heteroatoms. The highest BCUT2D eigenvalue weighted by Crippen LogP contribution is 2.39. The van der Waals surface area contributed by atoms with E-state index in [-0.39, 0.29) is 0 Å². The number of halogens is 2. The predicted octanol–water partition coefficient (Wildman–Crippen LogP) is 3.80. The predicted molar refractivity (Wildman–Crippen MR) is 63.8 cm³/mol. The zero-order chi connectivity index (χ0) is 9.31. The quantitative estimate of drug-likeness (QED) is 0.520. The van der Waals surface area contributed by atoms with Crippen LogP contribution in [0, 0.1) is 0 Å². The van der Waals surface area contributed by atoms with Crippen molar-refractivity contribution in [2.75, 3.05) is 5.08 Å². The largest absolute Gasteiger partial charge is 0.244 e. The molecule has 0 amide bonds. The van der Waals surface area contributed by atoms with Crippen LogP contribution in [-0.2, 0) is 0 Å². The maximum absolute atomic E-state index is 6.25. The van der Waals surface area contributed by atoms with E-state index >= 15 is 0 Å². The summed E-state index contributed by atoms with van der Waals surface area (Å²) < 4.78 is 1.06. The summed E-state index contributed by atoms with van der Waals surface area (Å²) in [5.41, 5.74) is 0. The van der Waals surface area contributed by atoms with Gasteiger partial charge in [0.2, 0.25) is 0 Å². The fourth-order valence-electron chi connectivity index (χ4n) is 1.06. The molecule has 13 heavy (non-hydrogen) atoms. The molecule has 70 valence electrons. The number of hydrogen-bond donors (Lipinski definition) is 0. The van der Waals surface area contributed by atoms with Gasteiger partial charge >= 0.3 is 0 Å². The zero-order valence-electron chi connectivity index (χ0n) is 6.67. The summed E-state index contributed by atoms with van der Waals surface area (Å²) in [7, 11) is 0. The monoisotopic (exact) mass is 251 g/mol. The van der Waals surface area contributed by atoms with Gasteiger partial charge in [0.15, 0.2) is 5.00 Å². The van der Waals surface area contributed by atoms with Crippen LogP contribution < -0.4 is 0 Å². The van der Waals surface area contributed by atoms with Gasteiger partial charge in [0.25, 0.3) is 0 Å². The van der Waals surface area contributed by atoms with Crippen molar-refractivity contribution in [1.29, 1.82) is 0 Å². The third-order valence-corrected chi connectivity index (χ3v) is 4.62. The van der Waals surface area contributed by atoms with E-state index < -0.39 is 5.00 Å². The Hall–Kier alpha value is 0.430. The van der Waals surface area contributed by atoms with Gasteiger partial charge in [-0.2, -0.15) is 0 Å². The van der Waals surface area contributed by atoms with Crippen molar-refractivity contribution < 1.29 is 0 Å². The van der Waals surface area contributed by atoms with E-state index in [0.717, 1.165) is 14.5 Å². The fourth-order valence-corrected chi connectivity index (χ4v) is 3.15. The molecule has 1 saturated heterocycles. The van der Waals surface area contributed by atoms with Crippen LogP contribution in [-0.4, -0.2) is 14.5 Å². The van der Waals surface area contributed by atoms with Gasteiger partial charge in [0.05, 0.1) is 5.08 Å². The fraction of sp³-hybridized carbons (Fsp3) is 0.375. The minimum atomic E-state index is -0.637. The van der Waals surface area contributed by atoms with Crippen molar-refractivity contribution >= 4 is 51.1 Å². The second kappa shape index (κ2) is 3.89. The van der Waals surface area contributed by atoms with Gasteiger partial charge in [-0.15, -0.1) is 0 Å². The summed E-state index contributed by atoms with van der Waals surface area (Å²) in [6, 6.07) is 0. The van der Waals surface area contributed by atoms with Crippen molar-refractivity contribution in [3.63, 3.8) is 0 Å². The smallest absolute Gasteiger partial charge is 0.159 e. The molecule has 0 bridgehead atoms. The minimum Gasteiger partial charge on any atom is -0.244 e. The van der Waals surface area contributed by atoms with Crippen LogP contribution in [0.2, 0.25) is 0 Å². The van der Waals surface area contributed by atoms with Crippen LogP contribution in [0.5, 0.6) is 0 Å². The lowest BCUT2D eigenvalue weighted by Gasteiger charge is -2.24. The molecule has 0 saturated carbocycles. The summed E-state index contributed by atoms with van der Waals surface area (Å²) in [5.74, 6) is 0. The van der Waals surface area contributed by atoms with Crippen LogP contribution in [0.1, 0.15) is 6.42 Å². The van der Waals surface area contributed by atoms with Crippen LogP contribution >= 0.6 is 46.7 Å². The van der Waals surface area contributed by atoms with Gasteiger partial charge in [0.1, 0.15) is 4.38 Å². The van der Waals surface area contributed by atoms with Crippen molar-refractivity contribution in [2.24, 2.45) is 4.99 Å². The first-order chi connectivity index (χ1) is 6.18. The molecular formula is C8H7Cl2NS2. The number of thioether (sulfide) groups is 2. The second-order valence-corrected chi connectivity index (χ2v) is 6.44. The molecule has 0 radical (unpaired) electrons. The third kappa shape index (κ3) is 2.46. The highest BCUT2D eigenvalue weighted by Gasteiger charge is 2.28.